The van der Waals surface area contributed by atoms with Gasteiger partial charge in [-0.2, -0.15) is 0 Å². The second kappa shape index (κ2) is 5.96. The summed E-state index contributed by atoms with van der Waals surface area (Å²) in [5.41, 5.74) is 4.76. The van der Waals surface area contributed by atoms with Crippen molar-refractivity contribution in [2.24, 2.45) is 5.73 Å². The Morgan fingerprint density at radius 3 is 2.53 bits per heavy atom. The van der Waals surface area contributed by atoms with Crippen LogP contribution in [0.2, 0.25) is 5.02 Å². The van der Waals surface area contributed by atoms with E-state index in [0.717, 1.165) is 12.1 Å². The first kappa shape index (κ1) is 16.7. The van der Waals surface area contributed by atoms with E-state index in [1.807, 2.05) is 0 Å². The van der Waals surface area contributed by atoms with Crippen molar-refractivity contribution in [2.45, 2.75) is 10.8 Å². The van der Waals surface area contributed by atoms with Crippen LogP contribution in [-0.4, -0.2) is 27.4 Å². The standard InChI is InChI=1S/C9H9BrClF3N2O2S/c10-5-1-7(12)8(2-6(5)11)19(17,18)16-4-9(13,14)3-15/h1-2,16H,3-4,15H2. The molecule has 3 N–H and O–H groups in total. The lowest BCUT2D eigenvalue weighted by molar-refractivity contribution is 0.0170. The molecular weight excluding hydrogens is 373 g/mol. The quantitative estimate of drug-likeness (QED) is 0.768. The van der Waals surface area contributed by atoms with Crippen LogP contribution < -0.4 is 10.5 Å². The van der Waals surface area contributed by atoms with Crippen LogP contribution in [0.25, 0.3) is 0 Å². The highest BCUT2D eigenvalue weighted by atomic mass is 79.9. The number of benzene rings is 1. The lowest BCUT2D eigenvalue weighted by Crippen LogP contribution is -2.41. The third kappa shape index (κ3) is 4.32. The molecule has 1 aromatic rings. The van der Waals surface area contributed by atoms with E-state index >= 15 is 0 Å². The average Bonchev–Trinajstić information content (AvgIpc) is 2.31. The summed E-state index contributed by atoms with van der Waals surface area (Å²) >= 11 is 8.54. The van der Waals surface area contributed by atoms with Crippen molar-refractivity contribution in [3.63, 3.8) is 0 Å². The minimum Gasteiger partial charge on any atom is -0.325 e. The molecule has 108 valence electrons. The second-order valence-corrected chi connectivity index (χ2v) is 6.58. The molecule has 0 aliphatic rings. The highest BCUT2D eigenvalue weighted by Crippen LogP contribution is 2.28. The van der Waals surface area contributed by atoms with Gasteiger partial charge in [0.2, 0.25) is 10.0 Å². The van der Waals surface area contributed by atoms with E-state index < -0.39 is 39.7 Å². The Bertz CT molecular complexity index is 583. The number of rotatable bonds is 5. The van der Waals surface area contributed by atoms with Crippen molar-refractivity contribution in [2.75, 3.05) is 13.1 Å². The number of hydrogen-bond acceptors (Lipinski definition) is 3. The van der Waals surface area contributed by atoms with Crippen LogP contribution in [0.15, 0.2) is 21.5 Å². The second-order valence-electron chi connectivity index (χ2n) is 3.58. The van der Waals surface area contributed by atoms with Crippen LogP contribution in [-0.2, 0) is 10.0 Å². The van der Waals surface area contributed by atoms with Crippen LogP contribution in [0.1, 0.15) is 0 Å². The van der Waals surface area contributed by atoms with Crippen LogP contribution in [0, 0.1) is 5.82 Å². The molecule has 0 saturated heterocycles. The van der Waals surface area contributed by atoms with Crippen LogP contribution in [0.5, 0.6) is 0 Å². The highest BCUT2D eigenvalue weighted by Gasteiger charge is 2.30. The summed E-state index contributed by atoms with van der Waals surface area (Å²) in [5, 5.41) is -0.0626. The molecule has 0 saturated carbocycles. The monoisotopic (exact) mass is 380 g/mol. The van der Waals surface area contributed by atoms with E-state index in [9.17, 15) is 21.6 Å². The maximum Gasteiger partial charge on any atom is 0.273 e. The minimum atomic E-state index is -4.44. The molecule has 1 rings (SSSR count). The van der Waals surface area contributed by atoms with E-state index in [0.29, 0.717) is 0 Å². The van der Waals surface area contributed by atoms with Crippen molar-refractivity contribution in [1.82, 2.24) is 4.72 Å². The molecule has 0 unspecified atom stereocenters. The van der Waals surface area contributed by atoms with Crippen molar-refractivity contribution in [1.29, 1.82) is 0 Å². The number of alkyl halides is 2. The molecule has 0 radical (unpaired) electrons. The molecule has 10 heteroatoms. The van der Waals surface area contributed by atoms with Crippen LogP contribution in [0.4, 0.5) is 13.2 Å². The van der Waals surface area contributed by atoms with E-state index in [4.69, 9.17) is 17.3 Å². The van der Waals surface area contributed by atoms with Crippen LogP contribution in [0.3, 0.4) is 0 Å². The zero-order valence-corrected chi connectivity index (χ0v) is 12.4. The molecular formula is C9H9BrClF3N2O2S. The lowest BCUT2D eigenvalue weighted by atomic mass is 10.3. The third-order valence-electron chi connectivity index (χ3n) is 2.08. The maximum atomic E-state index is 13.5. The Balaban J connectivity index is 3.05. The van der Waals surface area contributed by atoms with Gasteiger partial charge in [-0.15, -0.1) is 0 Å². The molecule has 0 atom stereocenters. The Hall–Kier alpha value is -0.350. The van der Waals surface area contributed by atoms with Gasteiger partial charge >= 0.3 is 0 Å². The third-order valence-corrected chi connectivity index (χ3v) is 4.70. The van der Waals surface area contributed by atoms with E-state index in [1.165, 1.54) is 0 Å². The first-order valence-corrected chi connectivity index (χ1v) is 7.46. The zero-order valence-electron chi connectivity index (χ0n) is 9.26. The van der Waals surface area contributed by atoms with Gasteiger partial charge in [0, 0.05) is 4.47 Å². The predicted molar refractivity (Wildman–Crippen MR) is 68.3 cm³/mol. The zero-order chi connectivity index (χ0) is 14.8. The summed E-state index contributed by atoms with van der Waals surface area (Å²) in [6.45, 7) is -2.25. The predicted octanol–water partition coefficient (Wildman–Crippen LogP) is 2.11. The Morgan fingerprint density at radius 2 is 2.00 bits per heavy atom. The first-order chi connectivity index (χ1) is 8.59. The molecule has 0 heterocycles. The van der Waals surface area contributed by atoms with E-state index in [1.54, 1.807) is 4.72 Å². The molecule has 0 fully saturated rings. The lowest BCUT2D eigenvalue weighted by Gasteiger charge is -2.15. The fourth-order valence-corrected chi connectivity index (χ4v) is 2.75. The van der Waals surface area contributed by atoms with Crippen molar-refractivity contribution in [3.8, 4) is 0 Å². The van der Waals surface area contributed by atoms with Gasteiger partial charge in [-0.25, -0.2) is 26.3 Å². The molecule has 0 amide bonds. The summed E-state index contributed by atoms with van der Waals surface area (Å²) in [7, 11) is -4.44. The number of nitrogens with two attached hydrogens (primary N) is 1. The van der Waals surface area contributed by atoms with Crippen LogP contribution >= 0.6 is 27.5 Å². The summed E-state index contributed by atoms with van der Waals surface area (Å²) < 4.78 is 64.3. The largest absolute Gasteiger partial charge is 0.325 e. The van der Waals surface area contributed by atoms with Gasteiger partial charge in [-0.05, 0) is 28.1 Å². The van der Waals surface area contributed by atoms with Crippen molar-refractivity contribution in [3.05, 3.63) is 27.4 Å². The Kier molecular flexibility index (Phi) is 5.24. The summed E-state index contributed by atoms with van der Waals surface area (Å²) in [4.78, 5) is -0.812. The number of hydrogen-bond donors (Lipinski definition) is 2. The molecule has 0 aliphatic heterocycles. The van der Waals surface area contributed by atoms with Crippen molar-refractivity contribution < 1.29 is 21.6 Å². The number of nitrogens with one attached hydrogen (secondary N) is 1. The summed E-state index contributed by atoms with van der Waals surface area (Å²) in [6, 6.07) is 1.65. The molecule has 0 bridgehead atoms. The van der Waals surface area contributed by atoms with Gasteiger partial charge < -0.3 is 5.73 Å². The minimum absolute atomic E-state index is 0.0626. The van der Waals surface area contributed by atoms with Gasteiger partial charge in [0.15, 0.2) is 0 Å². The molecule has 0 spiro atoms. The van der Waals surface area contributed by atoms with E-state index in [-0.39, 0.29) is 9.50 Å². The molecule has 0 aliphatic carbocycles. The number of halogens is 5. The van der Waals surface area contributed by atoms with Gasteiger partial charge in [0.05, 0.1) is 18.1 Å². The summed E-state index contributed by atoms with van der Waals surface area (Å²) in [5.74, 6) is -4.53. The van der Waals surface area contributed by atoms with Gasteiger partial charge in [0.1, 0.15) is 10.7 Å². The Morgan fingerprint density at radius 1 is 1.42 bits per heavy atom. The van der Waals surface area contributed by atoms with Crippen molar-refractivity contribution >= 4 is 37.6 Å². The molecule has 1 aromatic carbocycles. The summed E-state index contributed by atoms with van der Waals surface area (Å²) in [6.07, 6.45) is 0. The molecule has 0 aromatic heterocycles. The highest BCUT2D eigenvalue weighted by molar-refractivity contribution is 9.10. The fraction of sp³-hybridized carbons (Fsp3) is 0.333. The van der Waals surface area contributed by atoms with Gasteiger partial charge in [-0.1, -0.05) is 11.6 Å². The Labute approximate surface area is 121 Å². The van der Waals surface area contributed by atoms with E-state index in [2.05, 4.69) is 15.9 Å². The van der Waals surface area contributed by atoms with Gasteiger partial charge in [0.25, 0.3) is 5.92 Å². The normalized spacial score (nSPS) is 12.7. The molecule has 4 nitrogen and oxygen atoms in total. The maximum absolute atomic E-state index is 13.5. The molecule has 19 heavy (non-hydrogen) atoms. The SMILES string of the molecule is NCC(F)(F)CNS(=O)(=O)c1cc(Cl)c(Br)cc1F. The average molecular weight is 382 g/mol. The smallest absolute Gasteiger partial charge is 0.273 e. The fourth-order valence-electron chi connectivity index (χ4n) is 1.06. The van der Waals surface area contributed by atoms with Gasteiger partial charge in [-0.3, -0.25) is 0 Å². The topological polar surface area (TPSA) is 72.2 Å². The first-order valence-electron chi connectivity index (χ1n) is 4.81. The number of sulfonamides is 1.